The van der Waals surface area contributed by atoms with Crippen molar-refractivity contribution in [2.45, 2.75) is 42.0 Å². The number of thioether (sulfide) groups is 1. The molecule has 0 spiro atoms. The number of carbonyl (C=O) groups excluding carboxylic acids is 3. The number of halogens is 1. The number of hydrogen-bond donors (Lipinski definition) is 1. The van der Waals surface area contributed by atoms with Crippen LogP contribution >= 0.6 is 34.7 Å². The van der Waals surface area contributed by atoms with E-state index in [2.05, 4.69) is 5.32 Å². The molecule has 2 saturated heterocycles. The van der Waals surface area contributed by atoms with Crippen molar-refractivity contribution in [1.29, 1.82) is 0 Å². The van der Waals surface area contributed by atoms with Crippen molar-refractivity contribution in [3.05, 3.63) is 49.4 Å². The second-order valence-corrected chi connectivity index (χ2v) is 10.6. The number of hydrogen-bond acceptors (Lipinski definition) is 6. The van der Waals surface area contributed by atoms with Crippen molar-refractivity contribution < 1.29 is 14.4 Å². The summed E-state index contributed by atoms with van der Waals surface area (Å²) in [6.45, 7) is 1.38. The summed E-state index contributed by atoms with van der Waals surface area (Å²) in [7, 11) is 0. The molecule has 10 heteroatoms. The van der Waals surface area contributed by atoms with Crippen LogP contribution in [-0.4, -0.2) is 45.5 Å². The van der Waals surface area contributed by atoms with Crippen molar-refractivity contribution in [3.8, 4) is 0 Å². The molecule has 0 aliphatic carbocycles. The highest BCUT2D eigenvalue weighted by atomic mass is 35.5. The normalized spacial score (nSPS) is 25.2. The van der Waals surface area contributed by atoms with E-state index in [9.17, 15) is 19.2 Å². The predicted molar refractivity (Wildman–Crippen MR) is 119 cm³/mol. The number of carbonyl (C=O) groups is 3. The number of likely N-dealkylation sites (tertiary alicyclic amines) is 1. The average Bonchev–Trinajstić information content (AvgIpc) is 3.23. The summed E-state index contributed by atoms with van der Waals surface area (Å²) < 4.78 is 1.48. The fourth-order valence-corrected chi connectivity index (χ4v) is 7.45. The molecule has 1 aromatic heterocycles. The molecule has 0 radical (unpaired) electrons. The average molecular weight is 478 g/mol. The zero-order valence-electron chi connectivity index (χ0n) is 16.5. The first-order chi connectivity index (χ1) is 14.9. The molecule has 2 aromatic rings. The predicted octanol–water partition coefficient (Wildman–Crippen LogP) is 2.45. The Labute approximate surface area is 191 Å². The van der Waals surface area contributed by atoms with E-state index in [-0.39, 0.29) is 29.1 Å². The van der Waals surface area contributed by atoms with E-state index in [1.165, 1.54) is 16.3 Å². The Kier molecular flexibility index (Phi) is 5.44. The van der Waals surface area contributed by atoms with Gasteiger partial charge in [0.25, 0.3) is 0 Å². The lowest BCUT2D eigenvalue weighted by Crippen LogP contribution is -2.39. The van der Waals surface area contributed by atoms with Crippen LogP contribution in [0.25, 0.3) is 0 Å². The number of aromatic nitrogens is 1. The summed E-state index contributed by atoms with van der Waals surface area (Å²) in [6.07, 6.45) is 3.06. The van der Waals surface area contributed by atoms with Gasteiger partial charge in [-0.3, -0.25) is 29.1 Å². The van der Waals surface area contributed by atoms with Crippen LogP contribution in [0.4, 0.5) is 0 Å². The number of fused-ring (bicyclic) bond motifs is 2. The monoisotopic (exact) mass is 477 g/mol. The van der Waals surface area contributed by atoms with Gasteiger partial charge in [-0.2, -0.15) is 0 Å². The van der Waals surface area contributed by atoms with Gasteiger partial charge in [0.15, 0.2) is 0 Å². The standard InChI is InChI=1S/C21H20ClN3O4S2/c22-12-6-4-11(5-7-12)14-15-16(19(28)23-18(15)27)30-20-17(14)31-21(29)25(20)10-13(26)24-8-2-1-3-9-24/h4-7,14-16H,1-3,8-10H2,(H,23,27,28)/t14-,15?,16?/m0/s1. The number of nitrogens with zero attached hydrogens (tertiary/aromatic N) is 2. The van der Waals surface area contributed by atoms with Crippen LogP contribution in [0.1, 0.15) is 35.6 Å². The first-order valence-electron chi connectivity index (χ1n) is 10.2. The Morgan fingerprint density at radius 2 is 1.77 bits per heavy atom. The fourth-order valence-electron chi connectivity index (χ4n) is 4.58. The lowest BCUT2D eigenvalue weighted by atomic mass is 9.83. The minimum atomic E-state index is -0.633. The molecule has 3 atom stereocenters. The SMILES string of the molecule is O=C1NC(=O)C2C1Sc1c(sc(=O)n1CC(=O)N1CCCCC1)[C@H]2c1ccc(Cl)cc1. The molecule has 5 rings (SSSR count). The molecular weight excluding hydrogens is 458 g/mol. The molecule has 2 fully saturated rings. The van der Waals surface area contributed by atoms with Crippen molar-refractivity contribution in [2.75, 3.05) is 13.1 Å². The molecule has 1 N–H and O–H groups in total. The molecule has 31 heavy (non-hydrogen) atoms. The molecule has 162 valence electrons. The second-order valence-electron chi connectivity index (χ2n) is 8.01. The maximum absolute atomic E-state index is 12.9. The molecule has 0 bridgehead atoms. The van der Waals surface area contributed by atoms with E-state index in [4.69, 9.17) is 11.6 Å². The lowest BCUT2D eigenvalue weighted by molar-refractivity contribution is -0.133. The Balaban J connectivity index is 1.56. The van der Waals surface area contributed by atoms with Gasteiger partial charge in [-0.05, 0) is 37.0 Å². The fraction of sp³-hybridized carbons (Fsp3) is 0.429. The first kappa shape index (κ1) is 20.8. The molecule has 3 aliphatic rings. The van der Waals surface area contributed by atoms with Crippen molar-refractivity contribution >= 4 is 52.4 Å². The third-order valence-electron chi connectivity index (χ3n) is 6.12. The lowest BCUT2D eigenvalue weighted by Gasteiger charge is -2.31. The third kappa shape index (κ3) is 3.62. The molecular formula is C21H20ClN3O4S2. The van der Waals surface area contributed by atoms with E-state index < -0.39 is 17.1 Å². The van der Waals surface area contributed by atoms with Gasteiger partial charge in [-0.1, -0.05) is 46.8 Å². The van der Waals surface area contributed by atoms with Gasteiger partial charge in [0.05, 0.1) is 10.9 Å². The number of piperidine rings is 1. The minimum Gasteiger partial charge on any atom is -0.341 e. The van der Waals surface area contributed by atoms with E-state index in [1.54, 1.807) is 17.0 Å². The highest BCUT2D eigenvalue weighted by Gasteiger charge is 2.52. The zero-order valence-corrected chi connectivity index (χ0v) is 18.9. The van der Waals surface area contributed by atoms with Crippen LogP contribution in [0.2, 0.25) is 5.02 Å². The van der Waals surface area contributed by atoms with Gasteiger partial charge >= 0.3 is 4.87 Å². The molecule has 3 aliphatic heterocycles. The van der Waals surface area contributed by atoms with Crippen molar-refractivity contribution in [2.24, 2.45) is 5.92 Å². The smallest absolute Gasteiger partial charge is 0.308 e. The van der Waals surface area contributed by atoms with Crippen LogP contribution in [-0.2, 0) is 20.9 Å². The first-order valence-corrected chi connectivity index (χ1v) is 12.3. The van der Waals surface area contributed by atoms with Gasteiger partial charge in [-0.25, -0.2) is 0 Å². The Morgan fingerprint density at radius 3 is 2.48 bits per heavy atom. The number of thiazole rings is 1. The van der Waals surface area contributed by atoms with Crippen molar-refractivity contribution in [3.63, 3.8) is 0 Å². The number of rotatable bonds is 3. The van der Waals surface area contributed by atoms with Gasteiger partial charge < -0.3 is 4.90 Å². The van der Waals surface area contributed by atoms with Crippen LogP contribution in [0.15, 0.2) is 34.1 Å². The number of imide groups is 1. The zero-order chi connectivity index (χ0) is 21.7. The summed E-state index contributed by atoms with van der Waals surface area (Å²) in [6, 6.07) is 7.13. The van der Waals surface area contributed by atoms with E-state index in [0.29, 0.717) is 23.1 Å². The molecule has 2 unspecified atom stereocenters. The summed E-state index contributed by atoms with van der Waals surface area (Å²) in [5.41, 5.74) is 0.821. The summed E-state index contributed by atoms with van der Waals surface area (Å²) in [5, 5.41) is 2.99. The number of benzene rings is 1. The van der Waals surface area contributed by atoms with E-state index in [0.717, 1.165) is 41.0 Å². The Hall–Kier alpha value is -2.10. The third-order valence-corrected chi connectivity index (χ3v) is 8.99. The minimum absolute atomic E-state index is 0.0437. The van der Waals surface area contributed by atoms with Crippen LogP contribution in [0, 0.1) is 5.92 Å². The number of nitrogens with one attached hydrogen (secondary N) is 1. The van der Waals surface area contributed by atoms with Gasteiger partial charge in [0.2, 0.25) is 17.7 Å². The molecule has 0 saturated carbocycles. The van der Waals surface area contributed by atoms with Gasteiger partial charge in [0.1, 0.15) is 11.8 Å². The Bertz CT molecular complexity index is 1120. The van der Waals surface area contributed by atoms with Gasteiger partial charge in [0, 0.05) is 28.9 Å². The highest BCUT2D eigenvalue weighted by Crippen LogP contribution is 2.51. The van der Waals surface area contributed by atoms with Crippen LogP contribution in [0.3, 0.4) is 0 Å². The maximum atomic E-state index is 12.9. The van der Waals surface area contributed by atoms with Crippen LogP contribution < -0.4 is 10.2 Å². The quantitative estimate of drug-likeness (QED) is 0.686. The second kappa shape index (κ2) is 8.11. The van der Waals surface area contributed by atoms with Crippen molar-refractivity contribution in [1.82, 2.24) is 14.8 Å². The van der Waals surface area contributed by atoms with Crippen LogP contribution in [0.5, 0.6) is 0 Å². The molecule has 1 aromatic carbocycles. The highest BCUT2D eigenvalue weighted by molar-refractivity contribution is 8.00. The summed E-state index contributed by atoms with van der Waals surface area (Å²) in [5.74, 6) is -1.80. The topological polar surface area (TPSA) is 88.5 Å². The van der Waals surface area contributed by atoms with E-state index >= 15 is 0 Å². The summed E-state index contributed by atoms with van der Waals surface area (Å²) in [4.78, 5) is 53.2. The summed E-state index contributed by atoms with van der Waals surface area (Å²) >= 11 is 8.32. The Morgan fingerprint density at radius 1 is 1.06 bits per heavy atom. The molecule has 4 heterocycles. The number of amides is 3. The largest absolute Gasteiger partial charge is 0.341 e. The maximum Gasteiger partial charge on any atom is 0.308 e. The van der Waals surface area contributed by atoms with Gasteiger partial charge in [-0.15, -0.1) is 0 Å². The van der Waals surface area contributed by atoms with E-state index in [1.807, 2.05) is 12.1 Å². The molecule has 7 nitrogen and oxygen atoms in total. The molecule has 3 amide bonds.